The van der Waals surface area contributed by atoms with Gasteiger partial charge in [-0.1, -0.05) is 42.5 Å². The predicted molar refractivity (Wildman–Crippen MR) is 96.7 cm³/mol. The van der Waals surface area contributed by atoms with Crippen LogP contribution in [0.3, 0.4) is 0 Å². The van der Waals surface area contributed by atoms with Crippen LogP contribution in [0.25, 0.3) is 11.3 Å². The van der Waals surface area contributed by atoms with E-state index in [1.807, 2.05) is 48.5 Å². The SMILES string of the molecule is COc1ccccc1-c1ccc(=O)n(CC(=O)OCc2ccccc2)n1. The third kappa shape index (κ3) is 4.16. The number of carbonyl (C=O) groups is 1. The first-order chi connectivity index (χ1) is 12.7. The van der Waals surface area contributed by atoms with Crippen LogP contribution in [0.2, 0.25) is 0 Å². The molecule has 0 radical (unpaired) electrons. The van der Waals surface area contributed by atoms with Crippen molar-refractivity contribution in [3.05, 3.63) is 82.6 Å². The van der Waals surface area contributed by atoms with Crippen molar-refractivity contribution >= 4 is 5.97 Å². The van der Waals surface area contributed by atoms with Gasteiger partial charge in [-0.2, -0.15) is 5.10 Å². The van der Waals surface area contributed by atoms with Crippen LogP contribution in [-0.4, -0.2) is 22.9 Å². The van der Waals surface area contributed by atoms with E-state index in [-0.39, 0.29) is 18.7 Å². The zero-order chi connectivity index (χ0) is 18.4. The van der Waals surface area contributed by atoms with Crippen molar-refractivity contribution in [1.82, 2.24) is 9.78 Å². The quantitative estimate of drug-likeness (QED) is 0.639. The molecule has 0 bridgehead atoms. The molecule has 6 heteroatoms. The van der Waals surface area contributed by atoms with Crippen LogP contribution in [-0.2, 0) is 22.7 Å². The smallest absolute Gasteiger partial charge is 0.328 e. The summed E-state index contributed by atoms with van der Waals surface area (Å²) in [5.41, 5.74) is 1.78. The summed E-state index contributed by atoms with van der Waals surface area (Å²) in [5.74, 6) is 0.109. The third-order valence-corrected chi connectivity index (χ3v) is 3.77. The average Bonchev–Trinajstić information content (AvgIpc) is 2.69. The molecular weight excluding hydrogens is 332 g/mol. The normalized spacial score (nSPS) is 10.3. The van der Waals surface area contributed by atoms with Crippen LogP contribution < -0.4 is 10.3 Å². The fourth-order valence-corrected chi connectivity index (χ4v) is 2.47. The Hall–Kier alpha value is -3.41. The van der Waals surface area contributed by atoms with Crippen LogP contribution in [0.5, 0.6) is 5.75 Å². The number of nitrogens with zero attached hydrogens (tertiary/aromatic N) is 2. The molecule has 3 aromatic rings. The molecular formula is C20H18N2O4. The number of aromatic nitrogens is 2. The van der Waals surface area contributed by atoms with Crippen molar-refractivity contribution in [1.29, 1.82) is 0 Å². The molecule has 6 nitrogen and oxygen atoms in total. The highest BCUT2D eigenvalue weighted by Gasteiger charge is 2.11. The fourth-order valence-electron chi connectivity index (χ4n) is 2.47. The maximum absolute atomic E-state index is 12.1. The molecule has 0 atom stereocenters. The van der Waals surface area contributed by atoms with Gasteiger partial charge < -0.3 is 9.47 Å². The lowest BCUT2D eigenvalue weighted by Crippen LogP contribution is -2.27. The molecule has 0 spiro atoms. The molecule has 0 N–H and O–H groups in total. The van der Waals surface area contributed by atoms with Gasteiger partial charge in [-0.15, -0.1) is 0 Å². The lowest BCUT2D eigenvalue weighted by Gasteiger charge is -2.10. The maximum Gasteiger partial charge on any atom is 0.328 e. The number of esters is 1. The molecule has 3 rings (SSSR count). The molecule has 132 valence electrons. The molecule has 1 aromatic heterocycles. The monoisotopic (exact) mass is 350 g/mol. The topological polar surface area (TPSA) is 70.4 Å². The van der Waals surface area contributed by atoms with Gasteiger partial charge in [-0.3, -0.25) is 9.59 Å². The Bertz CT molecular complexity index is 951. The van der Waals surface area contributed by atoms with Crippen LogP contribution in [0.1, 0.15) is 5.56 Å². The Morgan fingerprint density at radius 2 is 1.73 bits per heavy atom. The fraction of sp³-hybridized carbons (Fsp3) is 0.150. The standard InChI is InChI=1S/C20H18N2O4/c1-25-18-10-6-5-9-16(18)17-11-12-19(23)22(21-17)13-20(24)26-14-15-7-3-2-4-8-15/h2-12H,13-14H2,1H3. The molecule has 0 aliphatic rings. The van der Waals surface area contributed by atoms with Crippen LogP contribution >= 0.6 is 0 Å². The van der Waals surface area contributed by atoms with E-state index in [1.165, 1.54) is 6.07 Å². The summed E-state index contributed by atoms with van der Waals surface area (Å²) < 4.78 is 11.6. The predicted octanol–water partition coefficient (Wildman–Crippen LogP) is 2.66. The average molecular weight is 350 g/mol. The van der Waals surface area contributed by atoms with Gasteiger partial charge in [0.05, 0.1) is 12.8 Å². The lowest BCUT2D eigenvalue weighted by molar-refractivity contribution is -0.146. The molecule has 0 saturated carbocycles. The Morgan fingerprint density at radius 3 is 2.50 bits per heavy atom. The first-order valence-electron chi connectivity index (χ1n) is 8.08. The van der Waals surface area contributed by atoms with Crippen LogP contribution in [0.4, 0.5) is 0 Å². The van der Waals surface area contributed by atoms with E-state index in [0.717, 1.165) is 15.8 Å². The number of rotatable bonds is 6. The third-order valence-electron chi connectivity index (χ3n) is 3.77. The van der Waals surface area contributed by atoms with E-state index in [0.29, 0.717) is 11.4 Å². The Labute approximate surface area is 150 Å². The van der Waals surface area contributed by atoms with E-state index in [2.05, 4.69) is 5.10 Å². The van der Waals surface area contributed by atoms with Crippen LogP contribution in [0, 0.1) is 0 Å². The molecule has 0 aliphatic heterocycles. The van der Waals surface area contributed by atoms with Crippen molar-refractivity contribution in [3.63, 3.8) is 0 Å². The molecule has 0 fully saturated rings. The summed E-state index contributed by atoms with van der Waals surface area (Å²) >= 11 is 0. The number of methoxy groups -OCH3 is 1. The number of benzene rings is 2. The number of ether oxygens (including phenoxy) is 2. The molecule has 0 saturated heterocycles. The van der Waals surface area contributed by atoms with Gasteiger partial charge in [0.2, 0.25) is 0 Å². The second kappa shape index (κ2) is 8.11. The van der Waals surface area contributed by atoms with Crippen molar-refractivity contribution in [2.45, 2.75) is 13.2 Å². The molecule has 0 aliphatic carbocycles. The summed E-state index contributed by atoms with van der Waals surface area (Å²) in [7, 11) is 1.57. The summed E-state index contributed by atoms with van der Waals surface area (Å²) in [6, 6.07) is 19.7. The second-order valence-electron chi connectivity index (χ2n) is 5.56. The maximum atomic E-state index is 12.1. The minimum atomic E-state index is -0.527. The summed E-state index contributed by atoms with van der Waals surface area (Å²) in [6.45, 7) is -0.102. The van der Waals surface area contributed by atoms with Gasteiger partial charge >= 0.3 is 5.97 Å². The molecule has 26 heavy (non-hydrogen) atoms. The number of hydrogen-bond acceptors (Lipinski definition) is 5. The zero-order valence-corrected chi connectivity index (χ0v) is 14.3. The van der Waals surface area contributed by atoms with Crippen molar-refractivity contribution < 1.29 is 14.3 Å². The first-order valence-corrected chi connectivity index (χ1v) is 8.08. The van der Waals surface area contributed by atoms with Gasteiger partial charge in [0, 0.05) is 11.6 Å². The molecule has 0 amide bonds. The summed E-state index contributed by atoms with van der Waals surface area (Å²) in [4.78, 5) is 24.1. The van der Waals surface area contributed by atoms with E-state index in [1.54, 1.807) is 19.2 Å². The lowest BCUT2D eigenvalue weighted by atomic mass is 10.1. The number of hydrogen-bond donors (Lipinski definition) is 0. The Kier molecular flexibility index (Phi) is 5.43. The first kappa shape index (κ1) is 17.4. The number of para-hydroxylation sites is 1. The van der Waals surface area contributed by atoms with E-state index >= 15 is 0 Å². The van der Waals surface area contributed by atoms with Gasteiger partial charge in [-0.05, 0) is 23.8 Å². The van der Waals surface area contributed by atoms with Gasteiger partial charge in [0.25, 0.3) is 5.56 Å². The van der Waals surface area contributed by atoms with Gasteiger partial charge in [-0.25, -0.2) is 4.68 Å². The van der Waals surface area contributed by atoms with E-state index in [9.17, 15) is 9.59 Å². The summed E-state index contributed by atoms with van der Waals surface area (Å²) in [5, 5.41) is 4.27. The van der Waals surface area contributed by atoms with Crippen molar-refractivity contribution in [3.8, 4) is 17.0 Å². The summed E-state index contributed by atoms with van der Waals surface area (Å²) in [6.07, 6.45) is 0. The highest BCUT2D eigenvalue weighted by molar-refractivity contribution is 5.69. The van der Waals surface area contributed by atoms with Gasteiger partial charge in [0.1, 0.15) is 18.9 Å². The van der Waals surface area contributed by atoms with Crippen molar-refractivity contribution in [2.24, 2.45) is 0 Å². The molecule has 1 heterocycles. The van der Waals surface area contributed by atoms with Crippen molar-refractivity contribution in [2.75, 3.05) is 7.11 Å². The van der Waals surface area contributed by atoms with Gasteiger partial charge in [0.15, 0.2) is 0 Å². The number of carbonyl (C=O) groups excluding carboxylic acids is 1. The Balaban J connectivity index is 1.76. The minimum Gasteiger partial charge on any atom is -0.496 e. The molecule has 2 aromatic carbocycles. The molecule has 0 unspecified atom stereocenters. The van der Waals surface area contributed by atoms with E-state index < -0.39 is 5.97 Å². The largest absolute Gasteiger partial charge is 0.496 e. The van der Waals surface area contributed by atoms with Crippen LogP contribution in [0.15, 0.2) is 71.5 Å². The second-order valence-corrected chi connectivity index (χ2v) is 5.56. The zero-order valence-electron chi connectivity index (χ0n) is 14.3. The van der Waals surface area contributed by atoms with E-state index in [4.69, 9.17) is 9.47 Å². The highest BCUT2D eigenvalue weighted by Crippen LogP contribution is 2.27. The minimum absolute atomic E-state index is 0.153. The highest BCUT2D eigenvalue weighted by atomic mass is 16.5. The Morgan fingerprint density at radius 1 is 1.00 bits per heavy atom.